The standard InChI is InChI=1S/C11H16N2O3/c1-6(2)8-9(14)12-11(16)13(10(8)15)7-4-3-5-7/h6-8H,3-5H2,1-2H3,(H,12,14,16). The first-order chi connectivity index (χ1) is 7.52. The molecule has 1 saturated heterocycles. The van der Waals surface area contributed by atoms with E-state index in [9.17, 15) is 14.4 Å². The Kier molecular flexibility index (Phi) is 2.69. The number of nitrogens with one attached hydrogen (secondary N) is 1. The van der Waals surface area contributed by atoms with Gasteiger partial charge in [-0.3, -0.25) is 19.8 Å². The maximum Gasteiger partial charge on any atom is 0.331 e. The summed E-state index contributed by atoms with van der Waals surface area (Å²) < 4.78 is 0. The van der Waals surface area contributed by atoms with Crippen molar-refractivity contribution in [2.24, 2.45) is 11.8 Å². The van der Waals surface area contributed by atoms with E-state index < -0.39 is 17.9 Å². The number of carbonyl (C=O) groups excluding carboxylic acids is 3. The van der Waals surface area contributed by atoms with Crippen molar-refractivity contribution in [2.75, 3.05) is 0 Å². The fraction of sp³-hybridized carbons (Fsp3) is 0.727. The van der Waals surface area contributed by atoms with Crippen molar-refractivity contribution < 1.29 is 14.4 Å². The monoisotopic (exact) mass is 224 g/mol. The Hall–Kier alpha value is -1.39. The summed E-state index contributed by atoms with van der Waals surface area (Å²) in [7, 11) is 0. The Morgan fingerprint density at radius 3 is 2.31 bits per heavy atom. The Balaban J connectivity index is 2.21. The molecule has 5 heteroatoms. The van der Waals surface area contributed by atoms with Crippen molar-refractivity contribution >= 4 is 17.8 Å². The third kappa shape index (κ3) is 1.60. The van der Waals surface area contributed by atoms with Gasteiger partial charge >= 0.3 is 6.03 Å². The second-order valence-corrected chi connectivity index (χ2v) is 4.81. The van der Waals surface area contributed by atoms with E-state index >= 15 is 0 Å². The first kappa shape index (κ1) is 11.1. The topological polar surface area (TPSA) is 66.5 Å². The highest BCUT2D eigenvalue weighted by molar-refractivity contribution is 6.16. The zero-order valence-electron chi connectivity index (χ0n) is 9.53. The van der Waals surface area contributed by atoms with Crippen LogP contribution in [0, 0.1) is 11.8 Å². The van der Waals surface area contributed by atoms with Crippen molar-refractivity contribution in [3.63, 3.8) is 0 Å². The van der Waals surface area contributed by atoms with E-state index in [0.717, 1.165) is 19.3 Å². The van der Waals surface area contributed by atoms with Crippen LogP contribution < -0.4 is 5.32 Å². The molecule has 1 aliphatic heterocycles. The van der Waals surface area contributed by atoms with Crippen LogP contribution in [0.2, 0.25) is 0 Å². The Morgan fingerprint density at radius 1 is 1.25 bits per heavy atom. The molecule has 1 atom stereocenters. The van der Waals surface area contributed by atoms with E-state index in [1.807, 2.05) is 13.8 Å². The molecule has 0 bridgehead atoms. The van der Waals surface area contributed by atoms with Gasteiger partial charge in [0.1, 0.15) is 5.92 Å². The van der Waals surface area contributed by atoms with Gasteiger partial charge in [-0.1, -0.05) is 13.8 Å². The fourth-order valence-corrected chi connectivity index (χ4v) is 2.18. The number of barbiturate groups is 1. The first-order valence-corrected chi connectivity index (χ1v) is 5.70. The number of rotatable bonds is 2. The van der Waals surface area contributed by atoms with Gasteiger partial charge in [-0.15, -0.1) is 0 Å². The van der Waals surface area contributed by atoms with Gasteiger partial charge in [-0.25, -0.2) is 4.79 Å². The molecule has 1 saturated carbocycles. The molecule has 1 heterocycles. The van der Waals surface area contributed by atoms with Crippen molar-refractivity contribution in [3.8, 4) is 0 Å². The Labute approximate surface area is 94.2 Å². The van der Waals surface area contributed by atoms with Crippen LogP contribution in [0.4, 0.5) is 4.79 Å². The lowest BCUT2D eigenvalue weighted by Crippen LogP contribution is -2.63. The summed E-state index contributed by atoms with van der Waals surface area (Å²) in [6, 6.07) is -0.543. The lowest BCUT2D eigenvalue weighted by atomic mass is 9.87. The van der Waals surface area contributed by atoms with Crippen molar-refractivity contribution in [2.45, 2.75) is 39.2 Å². The van der Waals surface area contributed by atoms with Crippen LogP contribution in [-0.2, 0) is 9.59 Å². The molecule has 0 aromatic carbocycles. The summed E-state index contributed by atoms with van der Waals surface area (Å²) in [6.45, 7) is 3.63. The predicted octanol–water partition coefficient (Wildman–Crippen LogP) is 0.889. The average molecular weight is 224 g/mol. The molecule has 5 nitrogen and oxygen atoms in total. The maximum atomic E-state index is 12.1. The van der Waals surface area contributed by atoms with Gasteiger partial charge in [0, 0.05) is 6.04 Å². The fourth-order valence-electron chi connectivity index (χ4n) is 2.18. The molecule has 4 amide bonds. The molecule has 2 fully saturated rings. The van der Waals surface area contributed by atoms with Crippen LogP contribution in [0.25, 0.3) is 0 Å². The normalized spacial score (nSPS) is 27.1. The first-order valence-electron chi connectivity index (χ1n) is 5.70. The second-order valence-electron chi connectivity index (χ2n) is 4.81. The van der Waals surface area contributed by atoms with Gasteiger partial charge < -0.3 is 0 Å². The molecule has 0 aromatic heterocycles. The van der Waals surface area contributed by atoms with E-state index in [-0.39, 0.29) is 17.9 Å². The summed E-state index contributed by atoms with van der Waals surface area (Å²) in [5.41, 5.74) is 0. The minimum Gasteiger partial charge on any atom is -0.277 e. The molecule has 0 spiro atoms. The molecule has 1 N–H and O–H groups in total. The molecule has 1 unspecified atom stereocenters. The Morgan fingerprint density at radius 2 is 1.88 bits per heavy atom. The molecular formula is C11H16N2O3. The van der Waals surface area contributed by atoms with Crippen LogP contribution in [0.5, 0.6) is 0 Å². The largest absolute Gasteiger partial charge is 0.331 e. The summed E-state index contributed by atoms with van der Waals surface area (Å²) in [4.78, 5) is 36.5. The summed E-state index contributed by atoms with van der Waals surface area (Å²) >= 11 is 0. The van der Waals surface area contributed by atoms with Crippen molar-refractivity contribution in [3.05, 3.63) is 0 Å². The number of amides is 4. The number of nitrogens with zero attached hydrogens (tertiary/aromatic N) is 1. The highest BCUT2D eigenvalue weighted by Gasteiger charge is 2.45. The number of carbonyl (C=O) groups is 3. The quantitative estimate of drug-likeness (QED) is 0.708. The van der Waals surface area contributed by atoms with E-state index in [1.165, 1.54) is 4.90 Å². The molecule has 88 valence electrons. The van der Waals surface area contributed by atoms with Crippen molar-refractivity contribution in [1.82, 2.24) is 10.2 Å². The van der Waals surface area contributed by atoms with Gasteiger partial charge in [0.2, 0.25) is 11.8 Å². The molecule has 1 aliphatic carbocycles. The van der Waals surface area contributed by atoms with Crippen LogP contribution in [0.15, 0.2) is 0 Å². The SMILES string of the molecule is CC(C)C1C(=O)NC(=O)N(C2CCC2)C1=O. The number of imide groups is 2. The maximum absolute atomic E-state index is 12.1. The number of urea groups is 1. The molecule has 0 radical (unpaired) electrons. The molecule has 16 heavy (non-hydrogen) atoms. The Bertz CT molecular complexity index is 347. The van der Waals surface area contributed by atoms with E-state index in [0.29, 0.717) is 0 Å². The minimum absolute atomic E-state index is 0.00171. The third-order valence-corrected chi connectivity index (χ3v) is 3.34. The van der Waals surface area contributed by atoms with Crippen LogP contribution in [-0.4, -0.2) is 28.8 Å². The number of hydrogen-bond donors (Lipinski definition) is 1. The zero-order chi connectivity index (χ0) is 11.9. The zero-order valence-corrected chi connectivity index (χ0v) is 9.53. The van der Waals surface area contributed by atoms with Gasteiger partial charge in [-0.05, 0) is 25.2 Å². The van der Waals surface area contributed by atoms with E-state index in [2.05, 4.69) is 5.32 Å². The molecule has 0 aromatic rings. The average Bonchev–Trinajstić information content (AvgIpc) is 2.07. The lowest BCUT2D eigenvalue weighted by molar-refractivity contribution is -0.147. The molecular weight excluding hydrogens is 208 g/mol. The third-order valence-electron chi connectivity index (χ3n) is 3.34. The van der Waals surface area contributed by atoms with Crippen LogP contribution in [0.3, 0.4) is 0 Å². The lowest BCUT2D eigenvalue weighted by Gasteiger charge is -2.40. The predicted molar refractivity (Wildman–Crippen MR) is 56.4 cm³/mol. The smallest absolute Gasteiger partial charge is 0.277 e. The highest BCUT2D eigenvalue weighted by Crippen LogP contribution is 2.29. The van der Waals surface area contributed by atoms with E-state index in [4.69, 9.17) is 0 Å². The minimum atomic E-state index is -0.710. The van der Waals surface area contributed by atoms with Gasteiger partial charge in [0.05, 0.1) is 0 Å². The van der Waals surface area contributed by atoms with Gasteiger partial charge in [0.15, 0.2) is 0 Å². The summed E-state index contributed by atoms with van der Waals surface area (Å²) in [5.74, 6) is -1.57. The highest BCUT2D eigenvalue weighted by atomic mass is 16.2. The summed E-state index contributed by atoms with van der Waals surface area (Å²) in [6.07, 6.45) is 2.76. The second kappa shape index (κ2) is 3.88. The summed E-state index contributed by atoms with van der Waals surface area (Å²) in [5, 5.41) is 2.27. The van der Waals surface area contributed by atoms with Crippen LogP contribution in [0.1, 0.15) is 33.1 Å². The van der Waals surface area contributed by atoms with Gasteiger partial charge in [0.25, 0.3) is 0 Å². The van der Waals surface area contributed by atoms with E-state index in [1.54, 1.807) is 0 Å². The van der Waals surface area contributed by atoms with Crippen molar-refractivity contribution in [1.29, 1.82) is 0 Å². The number of hydrogen-bond acceptors (Lipinski definition) is 3. The molecule has 2 rings (SSSR count). The van der Waals surface area contributed by atoms with Gasteiger partial charge in [-0.2, -0.15) is 0 Å². The van der Waals surface area contributed by atoms with Crippen LogP contribution >= 0.6 is 0 Å². The molecule has 2 aliphatic rings.